The summed E-state index contributed by atoms with van der Waals surface area (Å²) in [6.45, 7) is 4.45. The zero-order valence-electron chi connectivity index (χ0n) is 11.4. The molecule has 3 heteroatoms. The number of unbranched alkanes of at least 4 members (excludes halogenated alkanes) is 2. The highest BCUT2D eigenvalue weighted by Gasteiger charge is 2.04. The number of carbonyl (C=O) groups is 1. The minimum Gasteiger partial charge on any atom is -0.397 e. The number of benzene rings is 1. The molecular formula is C15H24N2O. The number of para-hydroxylation sites is 2. The second kappa shape index (κ2) is 7.75. The number of nitrogen functional groups attached to an aromatic ring is 1. The Labute approximate surface area is 110 Å². The van der Waals surface area contributed by atoms with Gasteiger partial charge in [0.25, 0.3) is 0 Å². The lowest BCUT2D eigenvalue weighted by Gasteiger charge is -2.08. The molecule has 0 aliphatic heterocycles. The van der Waals surface area contributed by atoms with Crippen LogP contribution in [0.2, 0.25) is 0 Å². The third-order valence-electron chi connectivity index (χ3n) is 2.92. The van der Waals surface area contributed by atoms with Crippen molar-refractivity contribution in [2.75, 3.05) is 11.1 Å². The van der Waals surface area contributed by atoms with Gasteiger partial charge in [-0.3, -0.25) is 4.79 Å². The lowest BCUT2D eigenvalue weighted by molar-refractivity contribution is -0.116. The Kier molecular flexibility index (Phi) is 6.26. The van der Waals surface area contributed by atoms with Crippen LogP contribution in [-0.4, -0.2) is 5.91 Å². The van der Waals surface area contributed by atoms with Crippen LogP contribution in [0.25, 0.3) is 0 Å². The smallest absolute Gasteiger partial charge is 0.224 e. The molecule has 100 valence electrons. The van der Waals surface area contributed by atoms with Crippen LogP contribution in [0.15, 0.2) is 24.3 Å². The Hall–Kier alpha value is -1.51. The average Bonchev–Trinajstić information content (AvgIpc) is 2.31. The van der Waals surface area contributed by atoms with E-state index in [2.05, 4.69) is 19.2 Å². The predicted molar refractivity (Wildman–Crippen MR) is 77.4 cm³/mol. The summed E-state index contributed by atoms with van der Waals surface area (Å²) >= 11 is 0. The van der Waals surface area contributed by atoms with Crippen molar-refractivity contribution in [3.05, 3.63) is 24.3 Å². The monoisotopic (exact) mass is 248 g/mol. The average molecular weight is 248 g/mol. The Bertz CT molecular complexity index is 375. The van der Waals surface area contributed by atoms with E-state index in [0.29, 0.717) is 17.8 Å². The van der Waals surface area contributed by atoms with Gasteiger partial charge in [0.05, 0.1) is 11.4 Å². The highest BCUT2D eigenvalue weighted by Crippen LogP contribution is 2.17. The lowest BCUT2D eigenvalue weighted by atomic mass is 10.0. The Morgan fingerprint density at radius 3 is 2.61 bits per heavy atom. The lowest BCUT2D eigenvalue weighted by Crippen LogP contribution is -2.12. The number of hydrogen-bond acceptors (Lipinski definition) is 2. The molecule has 0 aliphatic carbocycles. The topological polar surface area (TPSA) is 55.1 Å². The molecular weight excluding hydrogens is 224 g/mol. The SMILES string of the molecule is CC(C)CCCCCC(=O)Nc1ccccc1N. The van der Waals surface area contributed by atoms with Crippen molar-refractivity contribution < 1.29 is 4.79 Å². The zero-order chi connectivity index (χ0) is 13.4. The number of anilines is 2. The third kappa shape index (κ3) is 5.71. The molecule has 0 saturated heterocycles. The second-order valence-corrected chi connectivity index (χ2v) is 5.13. The van der Waals surface area contributed by atoms with E-state index in [0.717, 1.165) is 18.8 Å². The maximum Gasteiger partial charge on any atom is 0.224 e. The quantitative estimate of drug-likeness (QED) is 0.569. The molecule has 0 aliphatic rings. The molecule has 1 aromatic rings. The van der Waals surface area contributed by atoms with Gasteiger partial charge in [-0.15, -0.1) is 0 Å². The van der Waals surface area contributed by atoms with Gasteiger partial charge in [0.1, 0.15) is 0 Å². The summed E-state index contributed by atoms with van der Waals surface area (Å²) in [7, 11) is 0. The first-order valence-electron chi connectivity index (χ1n) is 6.74. The number of amides is 1. The molecule has 0 aromatic heterocycles. The van der Waals surface area contributed by atoms with Crippen molar-refractivity contribution in [1.29, 1.82) is 0 Å². The number of carbonyl (C=O) groups excluding carboxylic acids is 1. The normalized spacial score (nSPS) is 10.6. The molecule has 3 N–H and O–H groups in total. The predicted octanol–water partition coefficient (Wildman–Crippen LogP) is 3.81. The largest absolute Gasteiger partial charge is 0.397 e. The van der Waals surface area contributed by atoms with Gasteiger partial charge in [0.2, 0.25) is 5.91 Å². The van der Waals surface area contributed by atoms with Crippen molar-refractivity contribution in [3.8, 4) is 0 Å². The summed E-state index contributed by atoms with van der Waals surface area (Å²) in [5.74, 6) is 0.806. The molecule has 0 fully saturated rings. The first-order chi connectivity index (χ1) is 8.59. The van der Waals surface area contributed by atoms with Gasteiger partial charge in [-0.25, -0.2) is 0 Å². The van der Waals surface area contributed by atoms with E-state index in [1.54, 1.807) is 6.07 Å². The fraction of sp³-hybridized carbons (Fsp3) is 0.533. The molecule has 1 rings (SSSR count). The van der Waals surface area contributed by atoms with E-state index in [-0.39, 0.29) is 5.91 Å². The summed E-state index contributed by atoms with van der Waals surface area (Å²) in [6, 6.07) is 7.34. The number of nitrogens with one attached hydrogen (secondary N) is 1. The molecule has 0 bridgehead atoms. The van der Waals surface area contributed by atoms with Crippen LogP contribution < -0.4 is 11.1 Å². The van der Waals surface area contributed by atoms with E-state index in [9.17, 15) is 4.79 Å². The maximum atomic E-state index is 11.7. The van der Waals surface area contributed by atoms with Crippen molar-refractivity contribution in [1.82, 2.24) is 0 Å². The van der Waals surface area contributed by atoms with Crippen LogP contribution >= 0.6 is 0 Å². The van der Waals surface area contributed by atoms with E-state index >= 15 is 0 Å². The molecule has 0 heterocycles. The Morgan fingerprint density at radius 2 is 1.94 bits per heavy atom. The Balaban J connectivity index is 2.20. The van der Waals surface area contributed by atoms with Gasteiger partial charge in [0, 0.05) is 6.42 Å². The number of hydrogen-bond donors (Lipinski definition) is 2. The summed E-state index contributed by atoms with van der Waals surface area (Å²) < 4.78 is 0. The standard InChI is InChI=1S/C15H24N2O/c1-12(2)8-4-3-5-11-15(18)17-14-10-7-6-9-13(14)16/h6-7,9-10,12H,3-5,8,11,16H2,1-2H3,(H,17,18). The maximum absolute atomic E-state index is 11.7. The third-order valence-corrected chi connectivity index (χ3v) is 2.92. The minimum atomic E-state index is 0.0532. The molecule has 18 heavy (non-hydrogen) atoms. The van der Waals surface area contributed by atoms with Crippen LogP contribution in [0.1, 0.15) is 46.0 Å². The van der Waals surface area contributed by atoms with Crippen molar-refractivity contribution in [2.45, 2.75) is 46.0 Å². The summed E-state index contributed by atoms with van der Waals surface area (Å²) in [6.07, 6.45) is 5.10. The van der Waals surface area contributed by atoms with E-state index in [1.165, 1.54) is 12.8 Å². The molecule has 0 unspecified atom stereocenters. The molecule has 0 spiro atoms. The fourth-order valence-corrected chi connectivity index (χ4v) is 1.84. The van der Waals surface area contributed by atoms with Gasteiger partial charge in [-0.1, -0.05) is 45.2 Å². The first kappa shape index (κ1) is 14.6. The second-order valence-electron chi connectivity index (χ2n) is 5.13. The molecule has 0 atom stereocenters. The molecule has 1 aromatic carbocycles. The fourth-order valence-electron chi connectivity index (χ4n) is 1.84. The minimum absolute atomic E-state index is 0.0532. The van der Waals surface area contributed by atoms with Gasteiger partial charge in [0.15, 0.2) is 0 Å². The van der Waals surface area contributed by atoms with Crippen LogP contribution in [0.5, 0.6) is 0 Å². The molecule has 3 nitrogen and oxygen atoms in total. The van der Waals surface area contributed by atoms with Crippen molar-refractivity contribution >= 4 is 17.3 Å². The molecule has 1 amide bonds. The van der Waals surface area contributed by atoms with Gasteiger partial charge in [-0.2, -0.15) is 0 Å². The Morgan fingerprint density at radius 1 is 1.22 bits per heavy atom. The van der Waals surface area contributed by atoms with Crippen LogP contribution in [0.3, 0.4) is 0 Å². The molecule has 0 radical (unpaired) electrons. The van der Waals surface area contributed by atoms with Gasteiger partial charge < -0.3 is 11.1 Å². The number of nitrogens with two attached hydrogens (primary N) is 1. The van der Waals surface area contributed by atoms with Crippen molar-refractivity contribution in [2.24, 2.45) is 5.92 Å². The van der Waals surface area contributed by atoms with Gasteiger partial charge >= 0.3 is 0 Å². The van der Waals surface area contributed by atoms with Crippen LogP contribution in [-0.2, 0) is 4.79 Å². The van der Waals surface area contributed by atoms with Crippen LogP contribution in [0, 0.1) is 5.92 Å². The summed E-state index contributed by atoms with van der Waals surface area (Å²) in [5, 5.41) is 2.85. The zero-order valence-corrected chi connectivity index (χ0v) is 11.4. The summed E-state index contributed by atoms with van der Waals surface area (Å²) in [4.78, 5) is 11.7. The van der Waals surface area contributed by atoms with E-state index in [4.69, 9.17) is 5.73 Å². The summed E-state index contributed by atoms with van der Waals surface area (Å²) in [5.41, 5.74) is 7.09. The highest BCUT2D eigenvalue weighted by molar-refractivity contribution is 5.93. The highest BCUT2D eigenvalue weighted by atomic mass is 16.1. The van der Waals surface area contributed by atoms with Gasteiger partial charge in [-0.05, 0) is 24.5 Å². The van der Waals surface area contributed by atoms with Crippen molar-refractivity contribution in [3.63, 3.8) is 0 Å². The van der Waals surface area contributed by atoms with E-state index in [1.807, 2.05) is 18.2 Å². The molecule has 0 saturated carbocycles. The van der Waals surface area contributed by atoms with Crippen LogP contribution in [0.4, 0.5) is 11.4 Å². The first-order valence-corrected chi connectivity index (χ1v) is 6.74. The van der Waals surface area contributed by atoms with E-state index < -0.39 is 0 Å². The number of rotatable bonds is 7.